The number of nitrogens with zero attached hydrogens (tertiary/aromatic N) is 4. The molecule has 44 heavy (non-hydrogen) atoms. The number of sulfone groups is 1. The van der Waals surface area contributed by atoms with E-state index in [0.29, 0.717) is 41.3 Å². The number of nitrogens with one attached hydrogen (secondary N) is 3. The molecule has 0 aliphatic carbocycles. The molecule has 0 amide bonds. The Kier molecular flexibility index (Phi) is 8.61. The van der Waals surface area contributed by atoms with Gasteiger partial charge in [0.1, 0.15) is 11.6 Å². The molecule has 0 radical (unpaired) electrons. The number of fused-ring (bicyclic) bond motifs is 1. The second-order valence-corrected chi connectivity index (χ2v) is 13.9. The molecule has 3 heterocycles. The van der Waals surface area contributed by atoms with Crippen molar-refractivity contribution in [2.75, 3.05) is 55.1 Å². The van der Waals surface area contributed by atoms with Crippen LogP contribution in [0.3, 0.4) is 0 Å². The van der Waals surface area contributed by atoms with Crippen LogP contribution in [0.2, 0.25) is 0 Å². The molecule has 232 valence electrons. The van der Waals surface area contributed by atoms with Crippen LogP contribution in [0.25, 0.3) is 10.9 Å². The molecule has 2 unspecified atom stereocenters. The molecule has 0 spiro atoms. The van der Waals surface area contributed by atoms with E-state index < -0.39 is 9.84 Å². The predicted octanol–water partition coefficient (Wildman–Crippen LogP) is 5.18. The summed E-state index contributed by atoms with van der Waals surface area (Å²) in [4.78, 5) is 14.8. The lowest BCUT2D eigenvalue weighted by Gasteiger charge is -2.44. The van der Waals surface area contributed by atoms with Gasteiger partial charge in [0.15, 0.2) is 9.84 Å². The maximum atomic E-state index is 12.4. The SMILES string of the molecule is COc1cc(N2CCC(N3CC(C)NC(C)C3)CC2)ccc1Nc1nc(Nc2ccccc2S(C)(=O)=O)c2ccccc2n1. The van der Waals surface area contributed by atoms with E-state index in [1.807, 2.05) is 30.3 Å². The average molecular weight is 616 g/mol. The number of piperidine rings is 1. The number of ether oxygens (including phenoxy) is 1. The number of rotatable bonds is 8. The summed E-state index contributed by atoms with van der Waals surface area (Å²) in [7, 11) is -1.78. The maximum absolute atomic E-state index is 12.4. The molecule has 2 aliphatic rings. The molecule has 3 aromatic carbocycles. The summed E-state index contributed by atoms with van der Waals surface area (Å²) < 4.78 is 30.7. The molecule has 2 aliphatic heterocycles. The first kappa shape index (κ1) is 30.1. The second kappa shape index (κ2) is 12.6. The number of piperazine rings is 1. The number of para-hydroxylation sites is 2. The second-order valence-electron chi connectivity index (χ2n) is 12.0. The Morgan fingerprint density at radius 1 is 0.886 bits per heavy atom. The molecule has 2 fully saturated rings. The summed E-state index contributed by atoms with van der Waals surface area (Å²) in [5.41, 5.74) is 3.05. The highest BCUT2D eigenvalue weighted by atomic mass is 32.2. The van der Waals surface area contributed by atoms with Crippen LogP contribution in [0.15, 0.2) is 71.6 Å². The summed E-state index contributed by atoms with van der Waals surface area (Å²) in [6.45, 7) is 8.79. The molecule has 4 aromatic rings. The minimum Gasteiger partial charge on any atom is -0.494 e. The van der Waals surface area contributed by atoms with Gasteiger partial charge in [-0.3, -0.25) is 4.90 Å². The van der Waals surface area contributed by atoms with Crippen molar-refractivity contribution in [2.45, 2.75) is 49.7 Å². The van der Waals surface area contributed by atoms with Gasteiger partial charge < -0.3 is 25.6 Å². The fourth-order valence-corrected chi connectivity index (χ4v) is 7.35. The third-order valence-corrected chi connectivity index (χ3v) is 9.66. The average Bonchev–Trinajstić information content (AvgIpc) is 3.01. The topological polar surface area (TPSA) is 112 Å². The molecule has 0 saturated carbocycles. The third kappa shape index (κ3) is 6.59. The Balaban J connectivity index is 1.21. The smallest absolute Gasteiger partial charge is 0.229 e. The summed E-state index contributed by atoms with van der Waals surface area (Å²) in [5.74, 6) is 1.57. The van der Waals surface area contributed by atoms with Crippen LogP contribution in [0.5, 0.6) is 5.75 Å². The fourth-order valence-electron chi connectivity index (χ4n) is 6.51. The van der Waals surface area contributed by atoms with Crippen molar-refractivity contribution in [1.29, 1.82) is 0 Å². The van der Waals surface area contributed by atoms with Crippen molar-refractivity contribution in [2.24, 2.45) is 0 Å². The highest BCUT2D eigenvalue weighted by Crippen LogP contribution is 2.35. The third-order valence-electron chi connectivity index (χ3n) is 8.51. The summed E-state index contributed by atoms with van der Waals surface area (Å²) in [6, 6.07) is 22.3. The van der Waals surface area contributed by atoms with E-state index in [0.717, 1.165) is 61.3 Å². The molecule has 3 N–H and O–H groups in total. The van der Waals surface area contributed by atoms with Crippen LogP contribution in [0, 0.1) is 0 Å². The highest BCUT2D eigenvalue weighted by Gasteiger charge is 2.30. The Morgan fingerprint density at radius 3 is 2.32 bits per heavy atom. The summed E-state index contributed by atoms with van der Waals surface area (Å²) in [5, 5.41) is 11.0. The molecular weight excluding hydrogens is 574 g/mol. The normalized spacial score (nSPS) is 20.0. The van der Waals surface area contributed by atoms with Crippen molar-refractivity contribution >= 4 is 49.6 Å². The Morgan fingerprint density at radius 2 is 1.59 bits per heavy atom. The van der Waals surface area contributed by atoms with Crippen LogP contribution in [-0.4, -0.2) is 81.0 Å². The lowest BCUT2D eigenvalue weighted by molar-refractivity contribution is 0.107. The number of hydrogen-bond donors (Lipinski definition) is 3. The largest absolute Gasteiger partial charge is 0.494 e. The number of anilines is 5. The zero-order valence-electron chi connectivity index (χ0n) is 25.7. The number of aromatic nitrogens is 2. The molecule has 10 nitrogen and oxygen atoms in total. The van der Waals surface area contributed by atoms with Gasteiger partial charge in [0.25, 0.3) is 0 Å². The van der Waals surface area contributed by atoms with Crippen LogP contribution in [0.4, 0.5) is 28.8 Å². The van der Waals surface area contributed by atoms with Gasteiger partial charge in [0, 0.05) is 67.7 Å². The molecule has 2 saturated heterocycles. The van der Waals surface area contributed by atoms with E-state index in [1.54, 1.807) is 31.4 Å². The van der Waals surface area contributed by atoms with Gasteiger partial charge in [-0.15, -0.1) is 0 Å². The molecule has 11 heteroatoms. The number of benzene rings is 3. The van der Waals surface area contributed by atoms with Gasteiger partial charge in [-0.1, -0.05) is 24.3 Å². The van der Waals surface area contributed by atoms with Crippen LogP contribution in [0.1, 0.15) is 26.7 Å². The zero-order chi connectivity index (χ0) is 30.8. The first-order valence-electron chi connectivity index (χ1n) is 15.2. The summed E-state index contributed by atoms with van der Waals surface area (Å²) >= 11 is 0. The van der Waals surface area contributed by atoms with Crippen molar-refractivity contribution in [3.63, 3.8) is 0 Å². The first-order chi connectivity index (χ1) is 21.2. The van der Waals surface area contributed by atoms with E-state index in [9.17, 15) is 8.42 Å². The number of methoxy groups -OCH3 is 1. The molecule has 2 atom stereocenters. The van der Waals surface area contributed by atoms with Crippen LogP contribution >= 0.6 is 0 Å². The van der Waals surface area contributed by atoms with Crippen LogP contribution in [-0.2, 0) is 9.84 Å². The molecule has 1 aromatic heterocycles. The van der Waals surface area contributed by atoms with Gasteiger partial charge >= 0.3 is 0 Å². The lowest BCUT2D eigenvalue weighted by atomic mass is 9.99. The Hall–Kier alpha value is -3.93. The molecule has 6 rings (SSSR count). The van der Waals surface area contributed by atoms with Gasteiger partial charge in [0.2, 0.25) is 5.95 Å². The molecule has 0 bridgehead atoms. The predicted molar refractivity (Wildman–Crippen MR) is 178 cm³/mol. The van der Waals surface area contributed by atoms with E-state index in [4.69, 9.17) is 14.7 Å². The fraction of sp³-hybridized carbons (Fsp3) is 0.394. The van der Waals surface area contributed by atoms with E-state index in [2.05, 4.69) is 51.7 Å². The van der Waals surface area contributed by atoms with Crippen molar-refractivity contribution in [1.82, 2.24) is 20.2 Å². The number of hydrogen-bond acceptors (Lipinski definition) is 10. The monoisotopic (exact) mass is 615 g/mol. The minimum atomic E-state index is -3.45. The minimum absolute atomic E-state index is 0.204. The Labute approximate surface area is 259 Å². The van der Waals surface area contributed by atoms with Gasteiger partial charge in [-0.25, -0.2) is 13.4 Å². The summed E-state index contributed by atoms with van der Waals surface area (Å²) in [6.07, 6.45) is 3.49. The first-order valence-corrected chi connectivity index (χ1v) is 17.1. The van der Waals surface area contributed by atoms with Gasteiger partial charge in [-0.2, -0.15) is 4.98 Å². The van der Waals surface area contributed by atoms with Crippen molar-refractivity contribution < 1.29 is 13.2 Å². The van der Waals surface area contributed by atoms with Crippen molar-refractivity contribution in [3.05, 3.63) is 66.7 Å². The lowest BCUT2D eigenvalue weighted by Crippen LogP contribution is -2.58. The van der Waals surface area contributed by atoms with Gasteiger partial charge in [-0.05, 0) is 63.1 Å². The van der Waals surface area contributed by atoms with E-state index in [1.165, 1.54) is 6.26 Å². The maximum Gasteiger partial charge on any atom is 0.229 e. The molecular formula is C33H41N7O3S. The standard InChI is InChI=1S/C33H41N7O3S/c1-22-20-40(21-23(2)34-22)24-15-17-39(18-16-24)25-13-14-28(30(19-25)43-3)37-33-36-27-10-6-5-9-26(27)32(38-33)35-29-11-7-8-12-31(29)44(4,41)42/h5-14,19,22-24,34H,15-18,20-21H2,1-4H3,(H2,35,36,37,38). The quantitative estimate of drug-likeness (QED) is 0.245. The van der Waals surface area contributed by atoms with E-state index in [-0.39, 0.29) is 4.90 Å². The van der Waals surface area contributed by atoms with Gasteiger partial charge in [0.05, 0.1) is 28.9 Å². The zero-order valence-corrected chi connectivity index (χ0v) is 26.6. The Bertz CT molecular complexity index is 1730. The van der Waals surface area contributed by atoms with E-state index >= 15 is 0 Å². The van der Waals surface area contributed by atoms with Crippen LogP contribution < -0.4 is 25.6 Å². The van der Waals surface area contributed by atoms with Crippen molar-refractivity contribution in [3.8, 4) is 5.75 Å². The highest BCUT2D eigenvalue weighted by molar-refractivity contribution is 7.90.